The quantitative estimate of drug-likeness (QED) is 0.728. The number of halogens is 1. The second-order valence-electron chi connectivity index (χ2n) is 4.93. The van der Waals surface area contributed by atoms with E-state index in [-0.39, 0.29) is 29.0 Å². The van der Waals surface area contributed by atoms with Gasteiger partial charge in [0.05, 0.1) is 11.3 Å². The van der Waals surface area contributed by atoms with Crippen LogP contribution in [0.1, 0.15) is 30.4 Å². The summed E-state index contributed by atoms with van der Waals surface area (Å²) in [6, 6.07) is 3.20. The predicted molar refractivity (Wildman–Crippen MR) is 68.0 cm³/mol. The largest absolute Gasteiger partial charge is 0.388 e. The topological polar surface area (TPSA) is 92.3 Å². The molecular formula is C13H15FN4O. The summed E-state index contributed by atoms with van der Waals surface area (Å²) in [5, 5.41) is 25.2. The van der Waals surface area contributed by atoms with Crippen molar-refractivity contribution in [2.24, 2.45) is 5.11 Å². The van der Waals surface area contributed by atoms with Gasteiger partial charge in [-0.25, -0.2) is 9.92 Å². The molecule has 0 aliphatic heterocycles. The van der Waals surface area contributed by atoms with Gasteiger partial charge in [-0.15, -0.1) is 0 Å². The average Bonchev–Trinajstić information content (AvgIpc) is 2.37. The van der Waals surface area contributed by atoms with Crippen LogP contribution in [0, 0.1) is 29.6 Å². The molecule has 1 aliphatic carbocycles. The highest BCUT2D eigenvalue weighted by molar-refractivity contribution is 5.74. The number of anilines is 1. The Hall–Kier alpha value is -2.00. The van der Waals surface area contributed by atoms with Gasteiger partial charge in [0.1, 0.15) is 23.1 Å². The number of aryl methyl sites for hydroxylation is 1. The number of benzene rings is 1. The number of hydrogen-bond acceptors (Lipinski definition) is 5. The molecule has 19 heavy (non-hydrogen) atoms. The van der Waals surface area contributed by atoms with E-state index in [0.717, 1.165) is 6.42 Å². The van der Waals surface area contributed by atoms with E-state index in [1.54, 1.807) is 6.07 Å². The Bertz CT molecular complexity index is 561. The molecule has 0 amide bonds. The number of rotatable bonds is 4. The molecule has 1 aromatic rings. The Morgan fingerprint density at radius 3 is 2.79 bits per heavy atom. The molecule has 1 fully saturated rings. The van der Waals surface area contributed by atoms with Crippen LogP contribution in [0.15, 0.2) is 11.2 Å². The minimum Gasteiger partial charge on any atom is -0.388 e. The van der Waals surface area contributed by atoms with Gasteiger partial charge in [0, 0.05) is 6.54 Å². The van der Waals surface area contributed by atoms with Crippen LogP contribution in [0.3, 0.4) is 0 Å². The Labute approximate surface area is 110 Å². The molecule has 5 nitrogen and oxygen atoms in total. The molecule has 1 saturated carbocycles. The molecule has 0 atom stereocenters. The Morgan fingerprint density at radius 2 is 2.32 bits per heavy atom. The van der Waals surface area contributed by atoms with Crippen LogP contribution in [0.25, 0.3) is 0 Å². The van der Waals surface area contributed by atoms with Crippen molar-refractivity contribution in [2.45, 2.75) is 31.8 Å². The van der Waals surface area contributed by atoms with Crippen molar-refractivity contribution in [3.8, 4) is 6.07 Å². The third-order valence-electron chi connectivity index (χ3n) is 3.54. The van der Waals surface area contributed by atoms with E-state index in [4.69, 9.17) is 10.8 Å². The predicted octanol–water partition coefficient (Wildman–Crippen LogP) is 3.00. The van der Waals surface area contributed by atoms with Gasteiger partial charge in [-0.2, -0.15) is 10.4 Å². The normalized spacial score (nSPS) is 16.3. The zero-order valence-electron chi connectivity index (χ0n) is 10.6. The highest BCUT2D eigenvalue weighted by Gasteiger charge is 2.34. The van der Waals surface area contributed by atoms with Crippen molar-refractivity contribution < 1.29 is 9.50 Å². The van der Waals surface area contributed by atoms with Crippen LogP contribution in [-0.4, -0.2) is 17.3 Å². The molecule has 2 rings (SSSR count). The van der Waals surface area contributed by atoms with Crippen molar-refractivity contribution in [3.05, 3.63) is 23.0 Å². The fraction of sp³-hybridized carbons (Fsp3) is 0.462. The smallest absolute Gasteiger partial charge is 0.146 e. The maximum atomic E-state index is 13.9. The lowest BCUT2D eigenvalue weighted by atomic mass is 9.80. The van der Waals surface area contributed by atoms with Crippen molar-refractivity contribution in [1.82, 2.24) is 0 Å². The Kier molecular flexibility index (Phi) is 3.49. The first kappa shape index (κ1) is 13.4. The van der Waals surface area contributed by atoms with Crippen LogP contribution in [0.4, 0.5) is 15.8 Å². The summed E-state index contributed by atoms with van der Waals surface area (Å²) in [6.07, 6.45) is 2.33. The first-order chi connectivity index (χ1) is 9.00. The van der Waals surface area contributed by atoms with Crippen LogP contribution in [0.2, 0.25) is 0 Å². The minimum atomic E-state index is -0.798. The van der Waals surface area contributed by atoms with Gasteiger partial charge in [0.15, 0.2) is 0 Å². The molecule has 1 aromatic carbocycles. The number of nitriles is 1. The van der Waals surface area contributed by atoms with Gasteiger partial charge >= 0.3 is 0 Å². The van der Waals surface area contributed by atoms with E-state index in [1.807, 2.05) is 0 Å². The summed E-state index contributed by atoms with van der Waals surface area (Å²) in [7, 11) is 0. The number of hydrogen-bond donors (Lipinski definition) is 3. The molecule has 6 heteroatoms. The fourth-order valence-corrected chi connectivity index (χ4v) is 2.16. The van der Waals surface area contributed by atoms with Crippen LogP contribution in [-0.2, 0) is 0 Å². The van der Waals surface area contributed by atoms with E-state index >= 15 is 0 Å². The summed E-state index contributed by atoms with van der Waals surface area (Å²) in [5.74, 6) is -0.613. The summed E-state index contributed by atoms with van der Waals surface area (Å²) in [5.41, 5.74) is 6.81. The summed E-state index contributed by atoms with van der Waals surface area (Å²) < 4.78 is 13.9. The Morgan fingerprint density at radius 1 is 1.63 bits per heavy atom. The number of nitrogens with one attached hydrogen (secondary N) is 2. The lowest BCUT2D eigenvalue weighted by Gasteiger charge is -2.37. The summed E-state index contributed by atoms with van der Waals surface area (Å²) >= 11 is 0. The molecular weight excluding hydrogens is 247 g/mol. The lowest BCUT2D eigenvalue weighted by molar-refractivity contribution is -0.0201. The van der Waals surface area contributed by atoms with Crippen LogP contribution < -0.4 is 5.32 Å². The van der Waals surface area contributed by atoms with Crippen LogP contribution in [0.5, 0.6) is 0 Å². The second-order valence-corrected chi connectivity index (χ2v) is 4.93. The van der Waals surface area contributed by atoms with Crippen molar-refractivity contribution in [2.75, 3.05) is 11.9 Å². The standard InChI is InChI=1S/C13H15FN4O/c1-8-5-10(18-16)12(9(6-15)11(8)14)17-7-13(19)3-2-4-13/h5,16-17,19H,2-4,7H2,1H3. The summed E-state index contributed by atoms with van der Waals surface area (Å²) in [6.45, 7) is 1.75. The molecule has 0 saturated heterocycles. The SMILES string of the molecule is Cc1cc(N=N)c(NCC2(O)CCC2)c(C#N)c1F. The van der Waals surface area contributed by atoms with Crippen LogP contribution >= 0.6 is 0 Å². The fourth-order valence-electron chi connectivity index (χ4n) is 2.16. The molecule has 3 N–H and O–H groups in total. The van der Waals surface area contributed by atoms with Crippen molar-refractivity contribution in [1.29, 1.82) is 10.8 Å². The molecule has 100 valence electrons. The minimum absolute atomic E-state index is 0.158. The van der Waals surface area contributed by atoms with E-state index in [1.165, 1.54) is 13.0 Å². The third-order valence-corrected chi connectivity index (χ3v) is 3.54. The number of nitrogens with zero attached hydrogens (tertiary/aromatic N) is 2. The maximum Gasteiger partial charge on any atom is 0.146 e. The second kappa shape index (κ2) is 4.94. The van der Waals surface area contributed by atoms with E-state index in [0.29, 0.717) is 12.8 Å². The number of aliphatic hydroxyl groups is 1. The van der Waals surface area contributed by atoms with Gasteiger partial charge in [0.25, 0.3) is 0 Å². The average molecular weight is 262 g/mol. The zero-order valence-corrected chi connectivity index (χ0v) is 10.6. The van der Waals surface area contributed by atoms with E-state index < -0.39 is 11.4 Å². The molecule has 0 unspecified atom stereocenters. The zero-order chi connectivity index (χ0) is 14.0. The van der Waals surface area contributed by atoms with Crippen molar-refractivity contribution in [3.63, 3.8) is 0 Å². The maximum absolute atomic E-state index is 13.9. The van der Waals surface area contributed by atoms with Gasteiger partial charge in [-0.05, 0) is 37.8 Å². The van der Waals surface area contributed by atoms with Crippen molar-refractivity contribution >= 4 is 11.4 Å². The van der Waals surface area contributed by atoms with Gasteiger partial charge in [-0.3, -0.25) is 0 Å². The lowest BCUT2D eigenvalue weighted by Crippen LogP contribution is -2.43. The van der Waals surface area contributed by atoms with E-state index in [9.17, 15) is 9.50 Å². The molecule has 1 aliphatic rings. The van der Waals surface area contributed by atoms with Gasteiger partial charge < -0.3 is 10.4 Å². The molecule has 0 spiro atoms. The highest BCUT2D eigenvalue weighted by Crippen LogP contribution is 2.36. The Balaban J connectivity index is 2.34. The van der Waals surface area contributed by atoms with Gasteiger partial charge in [-0.1, -0.05) is 0 Å². The third kappa shape index (κ3) is 2.42. The highest BCUT2D eigenvalue weighted by atomic mass is 19.1. The van der Waals surface area contributed by atoms with E-state index in [2.05, 4.69) is 10.4 Å². The monoisotopic (exact) mass is 262 g/mol. The van der Waals surface area contributed by atoms with Gasteiger partial charge in [0.2, 0.25) is 0 Å². The molecule has 0 heterocycles. The summed E-state index contributed by atoms with van der Waals surface area (Å²) in [4.78, 5) is 0. The molecule has 0 radical (unpaired) electrons. The first-order valence-corrected chi connectivity index (χ1v) is 6.07. The first-order valence-electron chi connectivity index (χ1n) is 6.07. The molecule has 0 bridgehead atoms. The molecule has 0 aromatic heterocycles.